The smallest absolute Gasteiger partial charge is 0.343 e. The summed E-state index contributed by atoms with van der Waals surface area (Å²) in [4.78, 5) is 22.5. The molecule has 0 spiro atoms. The van der Waals surface area contributed by atoms with Crippen LogP contribution in [0.3, 0.4) is 0 Å². The zero-order chi connectivity index (χ0) is 13.9. The summed E-state index contributed by atoms with van der Waals surface area (Å²) < 4.78 is 4.95. The van der Waals surface area contributed by atoms with Crippen molar-refractivity contribution in [2.45, 2.75) is 26.2 Å². The number of hydrogen-bond donors (Lipinski definition) is 0. The first-order valence-corrected chi connectivity index (χ1v) is 6.36. The number of unbranched alkanes of at least 4 members (excludes halogenated alkanes) is 2. The molecule has 19 heavy (non-hydrogen) atoms. The number of allylic oxidation sites excluding steroid dienone is 3. The maximum absolute atomic E-state index is 11.7. The molecule has 0 saturated heterocycles. The van der Waals surface area contributed by atoms with Crippen LogP contribution in [0.4, 0.5) is 0 Å². The van der Waals surface area contributed by atoms with E-state index in [-0.39, 0.29) is 5.56 Å². The van der Waals surface area contributed by atoms with E-state index >= 15 is 0 Å². The van der Waals surface area contributed by atoms with E-state index < -0.39 is 5.97 Å². The lowest BCUT2D eigenvalue weighted by Crippen LogP contribution is -2.04. The molecule has 0 atom stereocenters. The minimum Gasteiger partial charge on any atom is -0.431 e. The molecule has 3 nitrogen and oxygen atoms in total. The molecule has 0 unspecified atom stereocenters. The van der Waals surface area contributed by atoms with Crippen molar-refractivity contribution in [3.05, 3.63) is 59.9 Å². The van der Waals surface area contributed by atoms with Gasteiger partial charge in [0.2, 0.25) is 0 Å². The van der Waals surface area contributed by atoms with E-state index in [4.69, 9.17) is 4.74 Å². The highest BCUT2D eigenvalue weighted by molar-refractivity contribution is 5.98. The van der Waals surface area contributed by atoms with Gasteiger partial charge in [-0.05, 0) is 18.6 Å². The summed E-state index contributed by atoms with van der Waals surface area (Å²) in [6.07, 6.45) is 10.8. The highest BCUT2D eigenvalue weighted by Gasteiger charge is 2.09. The van der Waals surface area contributed by atoms with Crippen LogP contribution in [0.1, 0.15) is 46.9 Å². The maximum Gasteiger partial charge on any atom is 0.343 e. The predicted molar refractivity (Wildman–Crippen MR) is 75.1 cm³/mol. The van der Waals surface area contributed by atoms with Gasteiger partial charge in [0.05, 0.1) is 11.8 Å². The van der Waals surface area contributed by atoms with Crippen molar-refractivity contribution < 1.29 is 14.3 Å². The molecule has 0 fully saturated rings. The number of ether oxygens (including phenoxy) is 1. The molecular formula is C16H18O3. The molecule has 100 valence electrons. The van der Waals surface area contributed by atoms with Gasteiger partial charge in [0.15, 0.2) is 6.29 Å². The van der Waals surface area contributed by atoms with Crippen molar-refractivity contribution in [3.63, 3.8) is 0 Å². The minimum atomic E-state index is -0.527. The fourth-order valence-corrected chi connectivity index (χ4v) is 1.49. The molecule has 1 rings (SSSR count). The zero-order valence-electron chi connectivity index (χ0n) is 11.0. The summed E-state index contributed by atoms with van der Waals surface area (Å²) >= 11 is 0. The van der Waals surface area contributed by atoms with Crippen LogP contribution in [-0.4, -0.2) is 12.3 Å². The second-order valence-corrected chi connectivity index (χ2v) is 4.01. The molecule has 0 bridgehead atoms. The normalized spacial score (nSPS) is 11.0. The average molecular weight is 258 g/mol. The van der Waals surface area contributed by atoms with E-state index in [2.05, 4.69) is 6.92 Å². The summed E-state index contributed by atoms with van der Waals surface area (Å²) in [5.41, 5.74) is 0.608. The lowest BCUT2D eigenvalue weighted by molar-refractivity contribution is 0.0660. The molecule has 1 aromatic carbocycles. The van der Waals surface area contributed by atoms with Gasteiger partial charge < -0.3 is 4.74 Å². The Morgan fingerprint density at radius 2 is 2.05 bits per heavy atom. The molecule has 0 N–H and O–H groups in total. The van der Waals surface area contributed by atoms with Gasteiger partial charge in [0.25, 0.3) is 0 Å². The molecule has 0 heterocycles. The van der Waals surface area contributed by atoms with E-state index in [0.717, 1.165) is 19.3 Å². The topological polar surface area (TPSA) is 43.4 Å². The highest BCUT2D eigenvalue weighted by atomic mass is 16.5. The van der Waals surface area contributed by atoms with Crippen molar-refractivity contribution in [2.75, 3.05) is 0 Å². The number of carbonyl (C=O) groups excluding carboxylic acids is 2. The predicted octanol–water partition coefficient (Wildman–Crippen LogP) is 3.92. The molecule has 0 aromatic heterocycles. The number of benzene rings is 1. The molecule has 1 aromatic rings. The first-order chi connectivity index (χ1) is 9.29. The quantitative estimate of drug-likeness (QED) is 0.245. The number of rotatable bonds is 7. The monoisotopic (exact) mass is 258 g/mol. The second-order valence-electron chi connectivity index (χ2n) is 4.01. The van der Waals surface area contributed by atoms with Crippen molar-refractivity contribution >= 4 is 12.3 Å². The van der Waals surface area contributed by atoms with Gasteiger partial charge in [0.1, 0.15) is 0 Å². The van der Waals surface area contributed by atoms with E-state index in [9.17, 15) is 9.59 Å². The lowest BCUT2D eigenvalue weighted by Gasteiger charge is -2.01. The third kappa shape index (κ3) is 5.34. The molecule has 0 radical (unpaired) electrons. The molecule has 0 aliphatic heterocycles. The van der Waals surface area contributed by atoms with Crippen LogP contribution in [0.25, 0.3) is 0 Å². The summed E-state index contributed by atoms with van der Waals surface area (Å²) in [5, 5.41) is 0. The van der Waals surface area contributed by atoms with Crippen LogP contribution >= 0.6 is 0 Å². The summed E-state index contributed by atoms with van der Waals surface area (Å²) in [6, 6.07) is 6.54. The number of aldehydes is 1. The van der Waals surface area contributed by atoms with Gasteiger partial charge in [-0.15, -0.1) is 0 Å². The maximum atomic E-state index is 11.7. The Balaban J connectivity index is 2.49. The Bertz CT molecular complexity index is 473. The Hall–Kier alpha value is -2.16. The van der Waals surface area contributed by atoms with Gasteiger partial charge in [-0.3, -0.25) is 4.79 Å². The Morgan fingerprint density at radius 1 is 1.26 bits per heavy atom. The highest BCUT2D eigenvalue weighted by Crippen LogP contribution is 2.08. The summed E-state index contributed by atoms with van der Waals surface area (Å²) in [7, 11) is 0. The van der Waals surface area contributed by atoms with Gasteiger partial charge in [-0.1, -0.05) is 50.1 Å². The Labute approximate surface area is 113 Å². The number of esters is 1. The standard InChI is InChI=1S/C16H18O3/c1-2-3-4-5-6-9-12-19-16(18)15-11-8-7-10-14(15)13-17/h5-13H,2-4H2,1H3/b6-5+,12-9+. The largest absolute Gasteiger partial charge is 0.431 e. The fourth-order valence-electron chi connectivity index (χ4n) is 1.49. The lowest BCUT2D eigenvalue weighted by atomic mass is 10.1. The second kappa shape index (κ2) is 8.86. The zero-order valence-corrected chi connectivity index (χ0v) is 11.0. The van der Waals surface area contributed by atoms with Crippen LogP contribution in [0.5, 0.6) is 0 Å². The van der Waals surface area contributed by atoms with E-state index in [1.807, 2.05) is 12.2 Å². The van der Waals surface area contributed by atoms with Crippen molar-refractivity contribution in [2.24, 2.45) is 0 Å². The fraction of sp³-hybridized carbons (Fsp3) is 0.250. The first kappa shape index (κ1) is 14.9. The first-order valence-electron chi connectivity index (χ1n) is 6.36. The molecular weight excluding hydrogens is 240 g/mol. The van der Waals surface area contributed by atoms with Crippen molar-refractivity contribution in [1.29, 1.82) is 0 Å². The Morgan fingerprint density at radius 3 is 2.79 bits per heavy atom. The van der Waals surface area contributed by atoms with Crippen LogP contribution in [0, 0.1) is 0 Å². The SMILES string of the molecule is CCCC/C=C/C=C/OC(=O)c1ccccc1C=O. The van der Waals surface area contributed by atoms with Gasteiger partial charge in [-0.25, -0.2) is 4.79 Å². The van der Waals surface area contributed by atoms with Crippen LogP contribution < -0.4 is 0 Å². The summed E-state index contributed by atoms with van der Waals surface area (Å²) in [6.45, 7) is 2.13. The Kier molecular flexibility index (Phi) is 6.95. The van der Waals surface area contributed by atoms with E-state index in [1.54, 1.807) is 30.3 Å². The van der Waals surface area contributed by atoms with Gasteiger partial charge in [-0.2, -0.15) is 0 Å². The van der Waals surface area contributed by atoms with Gasteiger partial charge in [0, 0.05) is 5.56 Å². The van der Waals surface area contributed by atoms with Crippen LogP contribution in [-0.2, 0) is 4.74 Å². The molecule has 0 saturated carbocycles. The third-order valence-corrected chi connectivity index (χ3v) is 2.53. The molecule has 0 amide bonds. The van der Waals surface area contributed by atoms with Crippen LogP contribution in [0.2, 0.25) is 0 Å². The van der Waals surface area contributed by atoms with Crippen molar-refractivity contribution in [1.82, 2.24) is 0 Å². The van der Waals surface area contributed by atoms with Gasteiger partial charge >= 0.3 is 5.97 Å². The van der Waals surface area contributed by atoms with E-state index in [1.165, 1.54) is 6.26 Å². The minimum absolute atomic E-state index is 0.275. The molecule has 0 aliphatic rings. The van der Waals surface area contributed by atoms with Crippen molar-refractivity contribution in [3.8, 4) is 0 Å². The number of carbonyl (C=O) groups is 2. The summed E-state index contributed by atoms with van der Waals surface area (Å²) in [5.74, 6) is -0.527. The molecule has 0 aliphatic carbocycles. The third-order valence-electron chi connectivity index (χ3n) is 2.53. The van der Waals surface area contributed by atoms with E-state index in [0.29, 0.717) is 11.8 Å². The molecule has 3 heteroatoms. The number of hydrogen-bond acceptors (Lipinski definition) is 3. The van der Waals surface area contributed by atoms with Crippen LogP contribution in [0.15, 0.2) is 48.8 Å². The average Bonchev–Trinajstić information content (AvgIpc) is 2.46.